The zero-order chi connectivity index (χ0) is 12.5. The third kappa shape index (κ3) is 2.29. The first kappa shape index (κ1) is 12.7. The van der Waals surface area contributed by atoms with Crippen LogP contribution in [0.5, 0.6) is 0 Å². The van der Waals surface area contributed by atoms with Gasteiger partial charge in [-0.3, -0.25) is 0 Å². The fourth-order valence-electron chi connectivity index (χ4n) is 2.90. The lowest BCUT2D eigenvalue weighted by molar-refractivity contribution is 0.229. The van der Waals surface area contributed by atoms with Gasteiger partial charge in [0.25, 0.3) is 0 Å². The van der Waals surface area contributed by atoms with Crippen LogP contribution in [0.3, 0.4) is 0 Å². The number of para-hydroxylation sites is 1. The molecule has 0 spiro atoms. The van der Waals surface area contributed by atoms with Gasteiger partial charge in [0.2, 0.25) is 0 Å². The van der Waals surface area contributed by atoms with Gasteiger partial charge in [0, 0.05) is 18.7 Å². The van der Waals surface area contributed by atoms with E-state index >= 15 is 0 Å². The maximum absolute atomic E-state index is 9.13. The Morgan fingerprint density at radius 2 is 2.12 bits per heavy atom. The van der Waals surface area contributed by atoms with Crippen LogP contribution in [0.1, 0.15) is 26.7 Å². The molecule has 1 heterocycles. The van der Waals surface area contributed by atoms with E-state index in [2.05, 4.69) is 24.8 Å². The molecule has 1 aromatic rings. The van der Waals surface area contributed by atoms with Crippen LogP contribution in [0.4, 0.5) is 5.69 Å². The van der Waals surface area contributed by atoms with E-state index in [-0.39, 0.29) is 12.1 Å². The minimum absolute atomic E-state index is 0.0632. The number of halogens is 1. The second-order valence-electron chi connectivity index (χ2n) is 5.25. The Hall–Kier alpha value is -0.730. The highest BCUT2D eigenvalue weighted by Gasteiger charge is 2.41. The molecule has 1 aromatic carbocycles. The molecule has 94 valence electrons. The largest absolute Gasteiger partial charge is 0.396 e. The summed E-state index contributed by atoms with van der Waals surface area (Å²) in [5.74, 6) is 0.531. The molecule has 1 aliphatic rings. The van der Waals surface area contributed by atoms with Crippen LogP contribution in [-0.4, -0.2) is 23.8 Å². The number of aliphatic hydroxyl groups excluding tert-OH is 1. The van der Waals surface area contributed by atoms with Crippen LogP contribution in [0.25, 0.3) is 0 Å². The van der Waals surface area contributed by atoms with Crippen molar-refractivity contribution in [3.63, 3.8) is 0 Å². The van der Waals surface area contributed by atoms with Gasteiger partial charge in [-0.25, -0.2) is 0 Å². The minimum atomic E-state index is 0.0632. The maximum Gasteiger partial charge on any atom is 0.0639 e. The lowest BCUT2D eigenvalue weighted by Gasteiger charge is -2.38. The summed E-state index contributed by atoms with van der Waals surface area (Å²) in [4.78, 5) is 2.37. The molecule has 0 aromatic heterocycles. The number of nitrogens with zero attached hydrogens (tertiary/aromatic N) is 1. The van der Waals surface area contributed by atoms with Crippen molar-refractivity contribution in [1.29, 1.82) is 0 Å². The number of hydrogen-bond donors (Lipinski definition) is 1. The standard InChI is InChI=1S/C14H20ClNO/c1-14(2)11(8-10-17)7-9-16(14)13-6-4-3-5-12(13)15/h3-6,11,17H,7-10H2,1-2H3. The minimum Gasteiger partial charge on any atom is -0.396 e. The van der Waals surface area contributed by atoms with E-state index < -0.39 is 0 Å². The highest BCUT2D eigenvalue weighted by Crippen LogP contribution is 2.41. The molecular formula is C14H20ClNO. The monoisotopic (exact) mass is 253 g/mol. The molecule has 0 bridgehead atoms. The van der Waals surface area contributed by atoms with Gasteiger partial charge in [-0.15, -0.1) is 0 Å². The first-order chi connectivity index (χ1) is 8.07. The van der Waals surface area contributed by atoms with Crippen molar-refractivity contribution in [2.75, 3.05) is 18.1 Å². The summed E-state index contributed by atoms with van der Waals surface area (Å²) in [7, 11) is 0. The van der Waals surface area contributed by atoms with Gasteiger partial charge in [0.15, 0.2) is 0 Å². The summed E-state index contributed by atoms with van der Waals surface area (Å²) < 4.78 is 0. The van der Waals surface area contributed by atoms with Crippen molar-refractivity contribution < 1.29 is 5.11 Å². The van der Waals surface area contributed by atoms with Crippen molar-refractivity contribution in [1.82, 2.24) is 0 Å². The van der Waals surface area contributed by atoms with Gasteiger partial charge >= 0.3 is 0 Å². The van der Waals surface area contributed by atoms with Gasteiger partial charge in [-0.2, -0.15) is 0 Å². The molecule has 2 nitrogen and oxygen atoms in total. The Morgan fingerprint density at radius 1 is 1.41 bits per heavy atom. The van der Waals surface area contributed by atoms with E-state index in [1.165, 1.54) is 0 Å². The van der Waals surface area contributed by atoms with Crippen molar-refractivity contribution >= 4 is 17.3 Å². The summed E-state index contributed by atoms with van der Waals surface area (Å²) in [5.41, 5.74) is 1.17. The molecule has 0 amide bonds. The van der Waals surface area contributed by atoms with Crippen molar-refractivity contribution in [2.45, 2.75) is 32.2 Å². The number of aliphatic hydroxyl groups is 1. The quantitative estimate of drug-likeness (QED) is 0.893. The molecular weight excluding hydrogens is 234 g/mol. The molecule has 0 saturated carbocycles. The Balaban J connectivity index is 2.27. The fourth-order valence-corrected chi connectivity index (χ4v) is 3.14. The molecule has 1 aliphatic heterocycles. The second-order valence-corrected chi connectivity index (χ2v) is 5.66. The van der Waals surface area contributed by atoms with E-state index in [0.717, 1.165) is 30.1 Å². The summed E-state index contributed by atoms with van der Waals surface area (Å²) in [6.45, 7) is 5.76. The van der Waals surface area contributed by atoms with Crippen LogP contribution in [0.15, 0.2) is 24.3 Å². The van der Waals surface area contributed by atoms with Crippen molar-refractivity contribution in [3.8, 4) is 0 Å². The van der Waals surface area contributed by atoms with Crippen LogP contribution >= 0.6 is 11.6 Å². The summed E-state index contributed by atoms with van der Waals surface area (Å²) in [6.07, 6.45) is 1.99. The van der Waals surface area contributed by atoms with E-state index in [1.807, 2.05) is 18.2 Å². The fraction of sp³-hybridized carbons (Fsp3) is 0.571. The normalized spacial score (nSPS) is 23.1. The van der Waals surface area contributed by atoms with Crippen LogP contribution in [0.2, 0.25) is 5.02 Å². The van der Waals surface area contributed by atoms with Crippen molar-refractivity contribution in [2.24, 2.45) is 5.92 Å². The first-order valence-electron chi connectivity index (χ1n) is 6.20. The average molecular weight is 254 g/mol. The average Bonchev–Trinajstić information content (AvgIpc) is 2.57. The predicted molar refractivity (Wildman–Crippen MR) is 72.7 cm³/mol. The van der Waals surface area contributed by atoms with E-state index in [9.17, 15) is 0 Å². The van der Waals surface area contributed by atoms with Gasteiger partial charge in [-0.05, 0) is 44.7 Å². The molecule has 1 saturated heterocycles. The third-order valence-electron chi connectivity index (χ3n) is 4.02. The van der Waals surface area contributed by atoms with Gasteiger partial charge in [0.05, 0.1) is 10.7 Å². The number of benzene rings is 1. The zero-order valence-corrected chi connectivity index (χ0v) is 11.2. The maximum atomic E-state index is 9.13. The van der Waals surface area contributed by atoms with Gasteiger partial charge in [0.1, 0.15) is 0 Å². The summed E-state index contributed by atoms with van der Waals surface area (Å²) >= 11 is 6.27. The molecule has 1 unspecified atom stereocenters. The molecule has 17 heavy (non-hydrogen) atoms. The molecule has 0 radical (unpaired) electrons. The first-order valence-corrected chi connectivity index (χ1v) is 6.58. The van der Waals surface area contributed by atoms with Gasteiger partial charge < -0.3 is 10.0 Å². The Morgan fingerprint density at radius 3 is 2.76 bits per heavy atom. The van der Waals surface area contributed by atoms with Crippen molar-refractivity contribution in [3.05, 3.63) is 29.3 Å². The molecule has 3 heteroatoms. The van der Waals surface area contributed by atoms with E-state index in [1.54, 1.807) is 0 Å². The Bertz CT molecular complexity index is 392. The van der Waals surface area contributed by atoms with Crippen LogP contribution in [0, 0.1) is 5.92 Å². The molecule has 2 rings (SSSR count). The molecule has 1 N–H and O–H groups in total. The summed E-state index contributed by atoms with van der Waals surface area (Å²) in [6, 6.07) is 7.99. The second kappa shape index (κ2) is 4.87. The number of rotatable bonds is 3. The number of anilines is 1. The van der Waals surface area contributed by atoms with Crippen LogP contribution in [-0.2, 0) is 0 Å². The van der Waals surface area contributed by atoms with Crippen LogP contribution < -0.4 is 4.90 Å². The molecule has 1 fully saturated rings. The Kier molecular flexibility index (Phi) is 3.64. The smallest absolute Gasteiger partial charge is 0.0639 e. The summed E-state index contributed by atoms with van der Waals surface area (Å²) in [5, 5.41) is 9.94. The lowest BCUT2D eigenvalue weighted by Crippen LogP contribution is -2.43. The predicted octanol–water partition coefficient (Wildman–Crippen LogP) is 3.33. The van der Waals surface area contributed by atoms with E-state index in [0.29, 0.717) is 5.92 Å². The third-order valence-corrected chi connectivity index (χ3v) is 4.34. The zero-order valence-electron chi connectivity index (χ0n) is 10.5. The molecule has 0 aliphatic carbocycles. The van der Waals surface area contributed by atoms with Gasteiger partial charge in [-0.1, -0.05) is 23.7 Å². The highest BCUT2D eigenvalue weighted by molar-refractivity contribution is 6.33. The Labute approximate surface area is 108 Å². The number of hydrogen-bond acceptors (Lipinski definition) is 2. The lowest BCUT2D eigenvalue weighted by atomic mass is 9.86. The van der Waals surface area contributed by atoms with E-state index in [4.69, 9.17) is 16.7 Å². The molecule has 1 atom stereocenters. The highest BCUT2D eigenvalue weighted by atomic mass is 35.5. The SMILES string of the molecule is CC1(C)C(CCO)CCN1c1ccccc1Cl. The topological polar surface area (TPSA) is 23.5 Å².